The topological polar surface area (TPSA) is 131 Å². The van der Waals surface area contributed by atoms with Gasteiger partial charge in [-0.2, -0.15) is 69.8 Å². The van der Waals surface area contributed by atoms with E-state index in [1.165, 1.54) is 51.1 Å². The van der Waals surface area contributed by atoms with Gasteiger partial charge in [0.05, 0.1) is 11.4 Å². The van der Waals surface area contributed by atoms with E-state index in [1.807, 2.05) is 0 Å². The molecule has 0 saturated carbocycles. The molecular formula is C38H31ClF14N4O4S2. The van der Waals surface area contributed by atoms with Crippen LogP contribution in [0, 0.1) is 13.8 Å². The van der Waals surface area contributed by atoms with E-state index in [2.05, 4.69) is 14.0 Å². The number of anilines is 2. The Bertz CT molecular complexity index is 2370. The van der Waals surface area contributed by atoms with E-state index >= 15 is 0 Å². The van der Waals surface area contributed by atoms with Crippen molar-refractivity contribution in [3.05, 3.63) is 117 Å². The monoisotopic (exact) mass is 972 g/mol. The molecule has 4 rings (SSSR count). The van der Waals surface area contributed by atoms with Crippen LogP contribution >= 0.6 is 11.6 Å². The first-order valence-corrected chi connectivity index (χ1v) is 19.0. The minimum Gasteiger partial charge on any atom is -0.398 e. The van der Waals surface area contributed by atoms with Crippen LogP contribution < -0.4 is 11.1 Å². The molecule has 0 aliphatic rings. The van der Waals surface area contributed by atoms with Gasteiger partial charge in [0.25, 0.3) is 11.1 Å². The lowest BCUT2D eigenvalue weighted by molar-refractivity contribution is -0.349. The zero-order valence-electron chi connectivity index (χ0n) is 32.4. The molecular weight excluding hydrogens is 942 g/mol. The third kappa shape index (κ3) is 12.5. The van der Waals surface area contributed by atoms with Crippen LogP contribution in [0.4, 0.5) is 84.2 Å². The van der Waals surface area contributed by atoms with Crippen LogP contribution in [-0.4, -0.2) is 44.3 Å². The predicted molar refractivity (Wildman–Crippen MR) is 207 cm³/mol. The number of benzene rings is 4. The van der Waals surface area contributed by atoms with Crippen molar-refractivity contribution in [2.24, 2.45) is 8.73 Å². The summed E-state index contributed by atoms with van der Waals surface area (Å²) in [6.45, 7) is 5.31. The fraction of sp³-hybridized carbons (Fsp3) is 0.316. The Labute approximate surface area is 360 Å². The maximum atomic E-state index is 14.4. The highest BCUT2D eigenvalue weighted by molar-refractivity contribution is 7.55. The molecule has 0 radical (unpaired) electrons. The van der Waals surface area contributed by atoms with Crippen LogP contribution in [0.5, 0.6) is 0 Å². The van der Waals surface area contributed by atoms with Crippen molar-refractivity contribution in [1.29, 1.82) is 0 Å². The van der Waals surface area contributed by atoms with Crippen molar-refractivity contribution in [3.8, 4) is 0 Å². The number of carbonyl (C=O) groups is 2. The van der Waals surface area contributed by atoms with Crippen molar-refractivity contribution in [2.45, 2.75) is 76.6 Å². The summed E-state index contributed by atoms with van der Waals surface area (Å²) in [5.74, 6) is -0.739. The van der Waals surface area contributed by atoms with Crippen LogP contribution in [0.25, 0.3) is 0 Å². The first kappa shape index (κ1) is 53.9. The van der Waals surface area contributed by atoms with E-state index in [-0.39, 0.29) is 80.6 Å². The molecule has 63 heavy (non-hydrogen) atoms. The van der Waals surface area contributed by atoms with E-state index < -0.39 is 58.3 Å². The molecule has 0 atom stereocenters. The Hall–Kier alpha value is -5.23. The van der Waals surface area contributed by atoms with Gasteiger partial charge in [-0.15, -0.1) is 0 Å². The Morgan fingerprint density at radius 2 is 0.984 bits per heavy atom. The van der Waals surface area contributed by atoms with E-state index in [1.54, 1.807) is 18.2 Å². The fourth-order valence-electron chi connectivity index (χ4n) is 5.52. The molecule has 4 aromatic carbocycles. The highest BCUT2D eigenvalue weighted by atomic mass is 35.5. The van der Waals surface area contributed by atoms with E-state index in [0.29, 0.717) is 35.5 Å². The Morgan fingerprint density at radius 1 is 0.603 bits per heavy atom. The smallest absolute Gasteiger partial charge is 0.398 e. The van der Waals surface area contributed by atoms with Crippen molar-refractivity contribution < 1.29 is 79.5 Å². The number of nitrogens with one attached hydrogen (secondary N) is 1. The van der Waals surface area contributed by atoms with Crippen LogP contribution in [-0.2, 0) is 47.1 Å². The standard InChI is InChI=1S/C19H15F7N2O2S.C12H12F7N.C7H4ClNO2S/c1-3-11-8-13(17(20,18(21,22)23)19(24,25)26)7-10(2)15(11)27-16(29)12-5-4-6-14(9-12)28-31-30;1-3-7-5-8(4-6(2)9(7)20)10(13,11(14,15)16)12(17,18)19;8-7(10)5-2-1-3-6(4-5)9-12-11/h4-9H,3H2,1-2H3,(H,27,29);4-5H,3,20H2,1-2H3;1-4H. The Kier molecular flexibility index (Phi) is 17.9. The molecule has 0 bridgehead atoms. The SMILES string of the molecule is CCc1cc(C(F)(C(F)(F)F)C(F)(F)F)cc(C)c1N.CCc1cc(C(F)(C(F)(F)F)C(F)(F)F)cc(C)c1NC(=O)c1cccc(N=S=O)c1.O=S=Nc1cccc(C(=O)Cl)c1. The maximum Gasteiger partial charge on any atom is 0.435 e. The van der Waals surface area contributed by atoms with Gasteiger partial charge in [-0.3, -0.25) is 9.59 Å². The molecule has 0 saturated heterocycles. The van der Waals surface area contributed by atoms with Gasteiger partial charge in [0.15, 0.2) is 0 Å². The summed E-state index contributed by atoms with van der Waals surface area (Å²) in [5, 5.41) is 1.87. The van der Waals surface area contributed by atoms with Crippen molar-refractivity contribution in [3.63, 3.8) is 0 Å². The molecule has 0 unspecified atom stereocenters. The number of nitrogens with zero attached hydrogens (tertiary/aromatic N) is 2. The number of amides is 1. The number of carbonyl (C=O) groups excluding carboxylic acids is 2. The van der Waals surface area contributed by atoms with E-state index in [4.69, 9.17) is 17.3 Å². The van der Waals surface area contributed by atoms with E-state index in [9.17, 15) is 79.5 Å². The minimum atomic E-state index is -6.24. The quantitative estimate of drug-likeness (QED) is 0.0980. The van der Waals surface area contributed by atoms with Gasteiger partial charge in [-0.25, -0.2) is 8.78 Å². The summed E-state index contributed by atoms with van der Waals surface area (Å²) in [5.41, 5.74) is -7.81. The number of rotatable bonds is 9. The lowest BCUT2D eigenvalue weighted by Gasteiger charge is -2.31. The molecule has 25 heteroatoms. The number of halogens is 15. The third-order valence-corrected chi connectivity index (χ3v) is 9.50. The first-order valence-electron chi connectivity index (χ1n) is 17.3. The molecule has 1 amide bonds. The van der Waals surface area contributed by atoms with Gasteiger partial charge < -0.3 is 11.1 Å². The normalized spacial score (nSPS) is 12.2. The number of nitrogen functional groups attached to an aromatic ring is 1. The summed E-state index contributed by atoms with van der Waals surface area (Å²) >= 11 is 5.22. The second-order valence-corrected chi connectivity index (χ2v) is 13.9. The minimum absolute atomic E-state index is 0.0325. The summed E-state index contributed by atoms with van der Waals surface area (Å²) in [7, 11) is 0. The van der Waals surface area contributed by atoms with E-state index in [0.717, 1.165) is 6.92 Å². The second kappa shape index (κ2) is 21.0. The zero-order chi connectivity index (χ0) is 48.5. The molecule has 4 aromatic rings. The van der Waals surface area contributed by atoms with Crippen molar-refractivity contribution in [2.75, 3.05) is 11.1 Å². The predicted octanol–water partition coefficient (Wildman–Crippen LogP) is 12.6. The summed E-state index contributed by atoms with van der Waals surface area (Å²) in [6.07, 6.45) is -24.7. The second-order valence-electron chi connectivity index (χ2n) is 12.9. The molecule has 0 heterocycles. The summed E-state index contributed by atoms with van der Waals surface area (Å²) in [6, 6.07) is 13.6. The van der Waals surface area contributed by atoms with Crippen LogP contribution in [0.15, 0.2) is 81.5 Å². The summed E-state index contributed by atoms with van der Waals surface area (Å²) < 4.78 is 210. The average Bonchev–Trinajstić information content (AvgIpc) is 3.18. The van der Waals surface area contributed by atoms with Crippen molar-refractivity contribution in [1.82, 2.24) is 0 Å². The number of nitrogens with two attached hydrogens (primary N) is 1. The van der Waals surface area contributed by atoms with Gasteiger partial charge in [-0.05, 0) is 109 Å². The van der Waals surface area contributed by atoms with Gasteiger partial charge >= 0.3 is 36.0 Å². The Balaban J connectivity index is 0.000000363. The molecule has 0 aliphatic carbocycles. The van der Waals surface area contributed by atoms with Crippen molar-refractivity contribution >= 4 is 68.4 Å². The number of alkyl halides is 14. The van der Waals surface area contributed by atoms with Gasteiger partial charge in [0, 0.05) is 33.6 Å². The molecule has 344 valence electrons. The number of aryl methyl sites for hydroxylation is 4. The fourth-order valence-corrected chi connectivity index (χ4v) is 6.03. The zero-order valence-corrected chi connectivity index (χ0v) is 34.8. The van der Waals surface area contributed by atoms with Gasteiger partial charge in [-0.1, -0.05) is 38.1 Å². The van der Waals surface area contributed by atoms with Crippen LogP contribution in [0.1, 0.15) is 67.9 Å². The lowest BCUT2D eigenvalue weighted by Crippen LogP contribution is -2.50. The molecule has 0 aromatic heterocycles. The molecule has 3 N–H and O–H groups in total. The third-order valence-electron chi connectivity index (χ3n) is 8.71. The average molecular weight is 973 g/mol. The Morgan fingerprint density at radius 3 is 1.37 bits per heavy atom. The van der Waals surface area contributed by atoms with Gasteiger partial charge in [0.2, 0.25) is 22.9 Å². The number of hydrogen-bond acceptors (Lipinski definition) is 7. The highest BCUT2D eigenvalue weighted by Gasteiger charge is 2.74. The first-order chi connectivity index (χ1) is 28.9. The lowest BCUT2D eigenvalue weighted by atomic mass is 9.89. The van der Waals surface area contributed by atoms with Crippen LogP contribution in [0.3, 0.4) is 0 Å². The maximum absolute atomic E-state index is 14.4. The van der Waals surface area contributed by atoms with Gasteiger partial charge in [0.1, 0.15) is 0 Å². The molecule has 8 nitrogen and oxygen atoms in total. The largest absolute Gasteiger partial charge is 0.435 e. The number of hydrogen-bond donors (Lipinski definition) is 2. The molecule has 0 aliphatic heterocycles. The van der Waals surface area contributed by atoms with Crippen LogP contribution in [0.2, 0.25) is 0 Å². The molecule has 0 fully saturated rings. The summed E-state index contributed by atoms with van der Waals surface area (Å²) in [4.78, 5) is 23.2. The molecule has 0 spiro atoms. The highest BCUT2D eigenvalue weighted by Crippen LogP contribution is 2.55.